The molecular formula is C19H17N3O4. The maximum Gasteiger partial charge on any atom is 0.295 e. The van der Waals surface area contributed by atoms with Crippen LogP contribution in [-0.2, 0) is 11.3 Å². The van der Waals surface area contributed by atoms with Gasteiger partial charge in [-0.25, -0.2) is 0 Å². The van der Waals surface area contributed by atoms with E-state index in [-0.39, 0.29) is 12.2 Å². The summed E-state index contributed by atoms with van der Waals surface area (Å²) in [5, 5.41) is 11.8. The molecule has 1 aromatic heterocycles. The molecule has 132 valence electrons. The number of Topliss-reactive ketones (excluding diaryl/α,β-unsaturated/α-hetero) is 1. The minimum atomic E-state index is -0.712. The summed E-state index contributed by atoms with van der Waals surface area (Å²) in [6, 6.07) is 13.4. The second-order valence-electron chi connectivity index (χ2n) is 6.05. The number of H-pyrrole nitrogens is 1. The highest BCUT2D eigenvalue weighted by Crippen LogP contribution is 2.24. The van der Waals surface area contributed by atoms with Gasteiger partial charge in [-0.15, -0.1) is 0 Å². The van der Waals surface area contributed by atoms with Crippen LogP contribution in [0.15, 0.2) is 48.5 Å². The van der Waals surface area contributed by atoms with Crippen molar-refractivity contribution >= 4 is 28.3 Å². The number of nitro groups is 1. The number of nitro benzene ring substituents is 1. The van der Waals surface area contributed by atoms with E-state index in [2.05, 4.69) is 4.98 Å². The molecule has 3 aromatic rings. The molecular weight excluding hydrogens is 334 g/mol. The molecule has 0 bridgehead atoms. The largest absolute Gasteiger partial charge is 0.358 e. The standard InChI is InChI=1S/C19H17N3O4/c1-12-17(14-8-4-5-9-15(14)20-12)18(23)19(24)21(2)11-13-7-3-6-10-16(13)22(25)26/h3-10,20H,11H2,1-2H3. The Morgan fingerprint density at radius 2 is 1.77 bits per heavy atom. The maximum absolute atomic E-state index is 12.7. The monoisotopic (exact) mass is 351 g/mol. The van der Waals surface area contributed by atoms with Crippen molar-refractivity contribution in [2.75, 3.05) is 7.05 Å². The molecule has 0 aliphatic heterocycles. The van der Waals surface area contributed by atoms with Crippen LogP contribution in [0.1, 0.15) is 21.6 Å². The van der Waals surface area contributed by atoms with Gasteiger partial charge in [-0.1, -0.05) is 36.4 Å². The SMILES string of the molecule is Cc1[nH]c2ccccc2c1C(=O)C(=O)N(C)Cc1ccccc1[N+](=O)[O-]. The van der Waals surface area contributed by atoms with Gasteiger partial charge in [0.05, 0.1) is 17.0 Å². The maximum atomic E-state index is 12.7. The van der Waals surface area contributed by atoms with Crippen LogP contribution in [0.4, 0.5) is 5.69 Å². The van der Waals surface area contributed by atoms with Crippen LogP contribution in [0.25, 0.3) is 10.9 Å². The Morgan fingerprint density at radius 1 is 1.12 bits per heavy atom. The average molecular weight is 351 g/mol. The lowest BCUT2D eigenvalue weighted by atomic mass is 10.1. The van der Waals surface area contributed by atoms with Crippen molar-refractivity contribution in [2.24, 2.45) is 0 Å². The van der Waals surface area contributed by atoms with Gasteiger partial charge < -0.3 is 9.88 Å². The fraction of sp³-hybridized carbons (Fsp3) is 0.158. The summed E-state index contributed by atoms with van der Waals surface area (Å²) in [5.74, 6) is -1.35. The van der Waals surface area contributed by atoms with Gasteiger partial charge >= 0.3 is 0 Å². The molecule has 0 aliphatic carbocycles. The zero-order valence-electron chi connectivity index (χ0n) is 14.4. The average Bonchev–Trinajstić information content (AvgIpc) is 2.96. The van der Waals surface area contributed by atoms with Crippen molar-refractivity contribution in [2.45, 2.75) is 13.5 Å². The molecule has 2 aromatic carbocycles. The zero-order chi connectivity index (χ0) is 18.8. The van der Waals surface area contributed by atoms with Crippen molar-refractivity contribution < 1.29 is 14.5 Å². The summed E-state index contributed by atoms with van der Waals surface area (Å²) in [4.78, 5) is 40.3. The number of carbonyl (C=O) groups excluding carboxylic acids is 2. The normalized spacial score (nSPS) is 10.7. The summed E-state index contributed by atoms with van der Waals surface area (Å²) < 4.78 is 0. The molecule has 0 atom stereocenters. The predicted octanol–water partition coefficient (Wildman–Crippen LogP) is 3.23. The first kappa shape index (κ1) is 17.3. The second kappa shape index (κ2) is 6.79. The quantitative estimate of drug-likeness (QED) is 0.330. The summed E-state index contributed by atoms with van der Waals surface area (Å²) in [5.41, 5.74) is 2.02. The third kappa shape index (κ3) is 3.06. The number of ketones is 1. The molecule has 0 fully saturated rings. The number of likely N-dealkylation sites (N-methyl/N-ethyl adjacent to an activating group) is 1. The highest BCUT2D eigenvalue weighted by molar-refractivity contribution is 6.45. The molecule has 0 saturated heterocycles. The van der Waals surface area contributed by atoms with Crippen LogP contribution in [-0.4, -0.2) is 33.5 Å². The number of nitrogens with one attached hydrogen (secondary N) is 1. The summed E-state index contributed by atoms with van der Waals surface area (Å²) in [6.07, 6.45) is 0. The van der Waals surface area contributed by atoms with Crippen molar-refractivity contribution in [1.82, 2.24) is 9.88 Å². The molecule has 0 aliphatic rings. The molecule has 0 radical (unpaired) electrons. The molecule has 1 amide bonds. The van der Waals surface area contributed by atoms with E-state index in [1.807, 2.05) is 12.1 Å². The van der Waals surface area contributed by atoms with Crippen molar-refractivity contribution in [1.29, 1.82) is 0 Å². The van der Waals surface area contributed by atoms with Gasteiger partial charge in [-0.2, -0.15) is 0 Å². The summed E-state index contributed by atoms with van der Waals surface area (Å²) >= 11 is 0. The number of hydrogen-bond acceptors (Lipinski definition) is 4. The van der Waals surface area contributed by atoms with Crippen LogP contribution < -0.4 is 0 Å². The Morgan fingerprint density at radius 3 is 2.50 bits per heavy atom. The van der Waals surface area contributed by atoms with Gasteiger partial charge in [0.25, 0.3) is 17.4 Å². The van der Waals surface area contributed by atoms with E-state index in [1.165, 1.54) is 18.0 Å². The van der Waals surface area contributed by atoms with Gasteiger partial charge in [-0.3, -0.25) is 19.7 Å². The van der Waals surface area contributed by atoms with E-state index in [9.17, 15) is 19.7 Å². The number of nitrogens with zero attached hydrogens (tertiary/aromatic N) is 2. The van der Waals surface area contributed by atoms with E-state index in [0.717, 1.165) is 5.52 Å². The number of carbonyl (C=O) groups is 2. The van der Waals surface area contributed by atoms with Crippen LogP contribution in [0.2, 0.25) is 0 Å². The Kier molecular flexibility index (Phi) is 4.53. The van der Waals surface area contributed by atoms with Crippen molar-refractivity contribution in [3.63, 3.8) is 0 Å². The number of aromatic amines is 1. The van der Waals surface area contributed by atoms with Gasteiger partial charge in [0, 0.05) is 35.3 Å². The fourth-order valence-electron chi connectivity index (χ4n) is 3.00. The first-order chi connectivity index (χ1) is 12.4. The minimum Gasteiger partial charge on any atom is -0.358 e. The topological polar surface area (TPSA) is 96.3 Å². The van der Waals surface area contributed by atoms with Crippen LogP contribution in [0, 0.1) is 17.0 Å². The first-order valence-electron chi connectivity index (χ1n) is 7.99. The summed E-state index contributed by atoms with van der Waals surface area (Å²) in [7, 11) is 1.46. The number of amides is 1. The number of para-hydroxylation sites is 2. The summed E-state index contributed by atoms with van der Waals surface area (Å²) in [6.45, 7) is 1.71. The predicted molar refractivity (Wildman–Crippen MR) is 96.9 cm³/mol. The van der Waals surface area contributed by atoms with E-state index < -0.39 is 16.6 Å². The molecule has 1 heterocycles. The van der Waals surface area contributed by atoms with Crippen LogP contribution >= 0.6 is 0 Å². The second-order valence-corrected chi connectivity index (χ2v) is 6.05. The smallest absolute Gasteiger partial charge is 0.295 e. The van der Waals surface area contributed by atoms with E-state index >= 15 is 0 Å². The van der Waals surface area contributed by atoms with Crippen LogP contribution in [0.5, 0.6) is 0 Å². The molecule has 0 spiro atoms. The van der Waals surface area contributed by atoms with Gasteiger partial charge in [-0.05, 0) is 13.0 Å². The molecule has 26 heavy (non-hydrogen) atoms. The minimum absolute atomic E-state index is 0.0247. The third-order valence-electron chi connectivity index (χ3n) is 4.26. The van der Waals surface area contributed by atoms with Gasteiger partial charge in [0.2, 0.25) is 0 Å². The molecule has 3 rings (SSSR count). The number of aryl methyl sites for hydroxylation is 1. The zero-order valence-corrected chi connectivity index (χ0v) is 14.4. The number of rotatable bonds is 5. The lowest BCUT2D eigenvalue weighted by Crippen LogP contribution is -2.33. The highest BCUT2D eigenvalue weighted by atomic mass is 16.6. The van der Waals surface area contributed by atoms with Gasteiger partial charge in [0.15, 0.2) is 0 Å². The lowest BCUT2D eigenvalue weighted by Gasteiger charge is -2.16. The molecule has 7 heteroatoms. The Labute approximate surface area is 149 Å². The first-order valence-corrected chi connectivity index (χ1v) is 7.99. The Hall–Kier alpha value is -3.48. The Bertz CT molecular complexity index is 1020. The Balaban J connectivity index is 1.88. The number of hydrogen-bond donors (Lipinski definition) is 1. The number of benzene rings is 2. The van der Waals surface area contributed by atoms with Crippen molar-refractivity contribution in [3.05, 3.63) is 75.5 Å². The molecule has 7 nitrogen and oxygen atoms in total. The van der Waals surface area contributed by atoms with Gasteiger partial charge in [0.1, 0.15) is 0 Å². The highest BCUT2D eigenvalue weighted by Gasteiger charge is 2.26. The molecule has 1 N–H and O–H groups in total. The number of aromatic nitrogens is 1. The van der Waals surface area contributed by atoms with Crippen LogP contribution in [0.3, 0.4) is 0 Å². The lowest BCUT2D eigenvalue weighted by molar-refractivity contribution is -0.385. The van der Waals surface area contributed by atoms with E-state index in [4.69, 9.17) is 0 Å². The third-order valence-corrected chi connectivity index (χ3v) is 4.26. The molecule has 0 unspecified atom stereocenters. The van der Waals surface area contributed by atoms with E-state index in [0.29, 0.717) is 22.2 Å². The molecule has 0 saturated carbocycles. The van der Waals surface area contributed by atoms with E-state index in [1.54, 1.807) is 37.3 Å². The van der Waals surface area contributed by atoms with Crippen molar-refractivity contribution in [3.8, 4) is 0 Å². The number of fused-ring (bicyclic) bond motifs is 1. The fourth-order valence-corrected chi connectivity index (χ4v) is 3.00.